The van der Waals surface area contributed by atoms with Gasteiger partial charge in [-0.05, 0) is 95.1 Å². The molecule has 0 amide bonds. The minimum Gasteiger partial charge on any atom is -0.309 e. The first-order valence-electron chi connectivity index (χ1n) is 26.3. The first kappa shape index (κ1) is 45.3. The Bertz CT molecular complexity index is 4240. The van der Waals surface area contributed by atoms with Gasteiger partial charge in [0, 0.05) is 32.9 Å². The van der Waals surface area contributed by atoms with Crippen LogP contribution in [0.5, 0.6) is 0 Å². The Kier molecular flexibility index (Phi) is 11.2. The predicted molar refractivity (Wildman–Crippen MR) is 328 cm³/mol. The third kappa shape index (κ3) is 7.14. The molecule has 0 aliphatic carbocycles. The highest BCUT2D eigenvalue weighted by Gasteiger charge is 2.43. The third-order valence-electron chi connectivity index (χ3n) is 16.0. The van der Waals surface area contributed by atoms with E-state index in [2.05, 4.69) is 325 Å². The van der Waals surface area contributed by atoms with Crippen LogP contribution in [0.3, 0.4) is 0 Å². The van der Waals surface area contributed by atoms with E-state index < -0.39 is 16.1 Å². The fourth-order valence-electron chi connectivity index (χ4n) is 12.8. The second kappa shape index (κ2) is 18.9. The van der Waals surface area contributed by atoms with Crippen molar-refractivity contribution in [1.82, 2.24) is 9.13 Å². The number of hydrogen-bond donors (Lipinski definition) is 0. The van der Waals surface area contributed by atoms with Gasteiger partial charge in [0.15, 0.2) is 16.1 Å². The summed E-state index contributed by atoms with van der Waals surface area (Å²) >= 11 is 0. The van der Waals surface area contributed by atoms with Crippen molar-refractivity contribution in [1.29, 1.82) is 0 Å². The maximum Gasteiger partial charge on any atom is 0.179 e. The summed E-state index contributed by atoms with van der Waals surface area (Å²) in [6.45, 7) is 0. The molecule has 0 aliphatic heterocycles. The summed E-state index contributed by atoms with van der Waals surface area (Å²) in [5.74, 6) is 0. The van der Waals surface area contributed by atoms with E-state index >= 15 is 0 Å². The Balaban J connectivity index is 1.04. The zero-order chi connectivity index (χ0) is 50.5. The minimum absolute atomic E-state index is 1.14. The average molecular weight is 1000 g/mol. The molecule has 358 valence electrons. The number of aromatic nitrogens is 2. The number of para-hydroxylation sites is 2. The molecular weight excluding hydrogens is 949 g/mol. The highest BCUT2D eigenvalue weighted by Crippen LogP contribution is 2.42. The second-order valence-electron chi connectivity index (χ2n) is 19.9. The van der Waals surface area contributed by atoms with Gasteiger partial charge in [0.1, 0.15) is 0 Å². The second-order valence-corrected chi connectivity index (χ2v) is 27.6. The zero-order valence-corrected chi connectivity index (χ0v) is 43.9. The Morgan fingerprint density at radius 1 is 0.211 bits per heavy atom. The maximum absolute atomic E-state index is 2.99. The van der Waals surface area contributed by atoms with Crippen LogP contribution in [0.15, 0.2) is 315 Å². The monoisotopic (exact) mass is 1000 g/mol. The van der Waals surface area contributed by atoms with Crippen molar-refractivity contribution in [3.05, 3.63) is 315 Å². The first-order chi connectivity index (χ1) is 37.7. The number of rotatable bonds is 11. The lowest BCUT2D eigenvalue weighted by molar-refractivity contribution is 1.18. The topological polar surface area (TPSA) is 9.86 Å². The van der Waals surface area contributed by atoms with Crippen LogP contribution in [0, 0.1) is 0 Å². The lowest BCUT2D eigenvalue weighted by atomic mass is 10.1. The minimum atomic E-state index is -2.99. The van der Waals surface area contributed by atoms with E-state index in [0.29, 0.717) is 0 Å². The van der Waals surface area contributed by atoms with E-state index in [-0.39, 0.29) is 0 Å². The zero-order valence-electron chi connectivity index (χ0n) is 41.9. The van der Waals surface area contributed by atoms with E-state index in [9.17, 15) is 0 Å². The van der Waals surface area contributed by atoms with E-state index in [1.165, 1.54) is 96.2 Å². The SMILES string of the molecule is c1ccc(-c2cccc([Si](c3ccccc3)(c3ccccc3)c3cccc(-n4c5ccccc5c5ccc6c(c7ccccc7n6-c6cccc([Si](c7ccccc7)(c7ccccc7)c7ccccc7)c6)c54)c3)c2)cc1. The molecule has 0 unspecified atom stereocenters. The molecule has 0 saturated heterocycles. The molecule has 0 spiro atoms. The van der Waals surface area contributed by atoms with Gasteiger partial charge in [-0.1, -0.05) is 273 Å². The number of benzene rings is 12. The molecule has 0 atom stereocenters. The first-order valence-corrected chi connectivity index (χ1v) is 30.3. The standard InChI is InChI=1S/C72H52N2Si2/c1-7-26-53(27-8-1)54-28-23-41-62(50-54)76(60-37-15-5-16-38-60,61-39-17-6-18-40-61)64-43-25-30-56(52-64)74-68-46-21-19-44-65(68)66-48-49-70-71(72(66)74)67-45-20-22-47-69(67)73(70)55-29-24-42-63(51-55)75(57-31-9-2-10-32-57,58-33-11-3-12-34-58)59-35-13-4-14-36-59/h1-52H. The largest absolute Gasteiger partial charge is 0.309 e. The van der Waals surface area contributed by atoms with E-state index in [1.54, 1.807) is 0 Å². The van der Waals surface area contributed by atoms with Crippen LogP contribution >= 0.6 is 0 Å². The van der Waals surface area contributed by atoms with Crippen LogP contribution < -0.4 is 41.5 Å². The summed E-state index contributed by atoms with van der Waals surface area (Å²) in [6.07, 6.45) is 0. The molecular formula is C72H52N2Si2. The lowest BCUT2D eigenvalue weighted by Gasteiger charge is -2.35. The van der Waals surface area contributed by atoms with Crippen LogP contribution in [-0.2, 0) is 0 Å². The van der Waals surface area contributed by atoms with Crippen molar-refractivity contribution in [2.75, 3.05) is 0 Å². The smallest absolute Gasteiger partial charge is 0.179 e. The van der Waals surface area contributed by atoms with Crippen molar-refractivity contribution >= 4 is 101 Å². The van der Waals surface area contributed by atoms with Gasteiger partial charge >= 0.3 is 0 Å². The van der Waals surface area contributed by atoms with Gasteiger partial charge in [-0.2, -0.15) is 0 Å². The van der Waals surface area contributed by atoms with Crippen molar-refractivity contribution in [3.63, 3.8) is 0 Å². The summed E-state index contributed by atoms with van der Waals surface area (Å²) in [4.78, 5) is 0. The fourth-order valence-corrected chi connectivity index (χ4v) is 22.4. The number of hydrogen-bond acceptors (Lipinski definition) is 0. The summed E-state index contributed by atoms with van der Waals surface area (Å²) in [5, 5.41) is 15.7. The number of fused-ring (bicyclic) bond motifs is 7. The van der Waals surface area contributed by atoms with Gasteiger partial charge in [0.05, 0.1) is 22.1 Å². The van der Waals surface area contributed by atoms with Crippen LogP contribution in [0.4, 0.5) is 0 Å². The molecule has 0 fully saturated rings. The number of nitrogens with zero attached hydrogens (tertiary/aromatic N) is 2. The predicted octanol–water partition coefficient (Wildman–Crippen LogP) is 12.3. The molecule has 2 nitrogen and oxygen atoms in total. The Labute approximate surface area is 445 Å². The van der Waals surface area contributed by atoms with Gasteiger partial charge in [-0.3, -0.25) is 0 Å². The molecule has 0 aliphatic rings. The molecule has 2 heterocycles. The highest BCUT2D eigenvalue weighted by molar-refractivity contribution is 7.20. The fraction of sp³-hybridized carbons (Fsp3) is 0. The van der Waals surface area contributed by atoms with E-state index in [0.717, 1.165) is 11.4 Å². The van der Waals surface area contributed by atoms with Crippen molar-refractivity contribution < 1.29 is 0 Å². The van der Waals surface area contributed by atoms with E-state index in [4.69, 9.17) is 0 Å². The van der Waals surface area contributed by atoms with Gasteiger partial charge in [-0.15, -0.1) is 0 Å². The Morgan fingerprint density at radius 2 is 0.566 bits per heavy atom. The Morgan fingerprint density at radius 3 is 1.07 bits per heavy atom. The van der Waals surface area contributed by atoms with Crippen molar-refractivity contribution in [2.45, 2.75) is 0 Å². The molecule has 12 aromatic carbocycles. The van der Waals surface area contributed by atoms with Crippen molar-refractivity contribution in [3.8, 4) is 22.5 Å². The lowest BCUT2D eigenvalue weighted by Crippen LogP contribution is -2.74. The van der Waals surface area contributed by atoms with E-state index in [1.807, 2.05) is 0 Å². The van der Waals surface area contributed by atoms with Gasteiger partial charge in [-0.25, -0.2) is 0 Å². The van der Waals surface area contributed by atoms with Gasteiger partial charge in [0.2, 0.25) is 0 Å². The highest BCUT2D eigenvalue weighted by atomic mass is 28.3. The summed E-state index contributed by atoms with van der Waals surface area (Å²) in [6, 6.07) is 118. The molecule has 14 aromatic rings. The molecule has 0 bridgehead atoms. The summed E-state index contributed by atoms with van der Waals surface area (Å²) in [5.41, 5.74) is 9.47. The molecule has 0 radical (unpaired) electrons. The normalized spacial score (nSPS) is 11.9. The molecule has 2 aromatic heterocycles. The van der Waals surface area contributed by atoms with Gasteiger partial charge < -0.3 is 9.13 Å². The summed E-state index contributed by atoms with van der Waals surface area (Å²) in [7, 11) is -5.82. The van der Waals surface area contributed by atoms with Crippen LogP contribution in [0.2, 0.25) is 0 Å². The van der Waals surface area contributed by atoms with Gasteiger partial charge in [0.25, 0.3) is 0 Å². The molecule has 0 saturated carbocycles. The molecule has 4 heteroatoms. The summed E-state index contributed by atoms with van der Waals surface area (Å²) < 4.78 is 5.09. The van der Waals surface area contributed by atoms with Crippen LogP contribution in [0.25, 0.3) is 66.1 Å². The average Bonchev–Trinajstić information content (AvgIpc) is 4.14. The van der Waals surface area contributed by atoms with Crippen LogP contribution in [0.1, 0.15) is 0 Å². The quantitative estimate of drug-likeness (QED) is 0.0903. The van der Waals surface area contributed by atoms with Crippen molar-refractivity contribution in [2.24, 2.45) is 0 Å². The Hall–Kier alpha value is -9.33. The molecule has 14 rings (SSSR count). The molecule has 0 N–H and O–H groups in total. The van der Waals surface area contributed by atoms with Crippen LogP contribution in [-0.4, -0.2) is 25.3 Å². The molecule has 76 heavy (non-hydrogen) atoms. The maximum atomic E-state index is 2.57. The third-order valence-corrected chi connectivity index (χ3v) is 25.5.